The number of anilines is 1. The Hall–Kier alpha value is -1.65. The number of carbonyl (C=O) groups excluding carboxylic acids is 1. The molecule has 0 spiro atoms. The molecule has 0 aliphatic rings. The molecule has 64 valence electrons. The van der Waals surface area contributed by atoms with Gasteiger partial charge in [-0.1, -0.05) is 0 Å². The van der Waals surface area contributed by atoms with E-state index in [2.05, 4.69) is 9.72 Å². The van der Waals surface area contributed by atoms with Crippen LogP contribution < -0.4 is 5.73 Å². The highest BCUT2D eigenvalue weighted by Gasteiger charge is 2.08. The van der Waals surface area contributed by atoms with Gasteiger partial charge in [0, 0.05) is 6.20 Å². The predicted molar refractivity (Wildman–Crippen MR) is 39.9 cm³/mol. The molecule has 0 radical (unpaired) electrons. The van der Waals surface area contributed by atoms with Crippen molar-refractivity contribution >= 4 is 11.7 Å². The van der Waals surface area contributed by atoms with Crippen LogP contribution in [0.3, 0.4) is 0 Å². The van der Waals surface area contributed by atoms with E-state index in [0.717, 1.165) is 6.20 Å². The first-order valence-corrected chi connectivity index (χ1v) is 3.14. The van der Waals surface area contributed by atoms with Gasteiger partial charge in [0.15, 0.2) is 0 Å². The summed E-state index contributed by atoms with van der Waals surface area (Å²) in [7, 11) is 1.22. The lowest BCUT2D eigenvalue weighted by molar-refractivity contribution is 0.0600. The first kappa shape index (κ1) is 8.45. The van der Waals surface area contributed by atoms with E-state index in [9.17, 15) is 9.18 Å². The molecule has 0 unspecified atom stereocenters. The molecule has 0 amide bonds. The number of methoxy groups -OCH3 is 1. The van der Waals surface area contributed by atoms with Gasteiger partial charge in [-0.2, -0.15) is 4.39 Å². The zero-order valence-electron chi connectivity index (χ0n) is 6.37. The number of nitrogen functional groups attached to an aromatic ring is 1. The number of nitrogens with two attached hydrogens (primary N) is 1. The summed E-state index contributed by atoms with van der Waals surface area (Å²) in [6, 6.07) is 1.17. The van der Waals surface area contributed by atoms with Crippen molar-refractivity contribution in [2.24, 2.45) is 0 Å². The summed E-state index contributed by atoms with van der Waals surface area (Å²) in [5.74, 6) is -1.38. The number of aromatic nitrogens is 1. The number of carbonyl (C=O) groups is 1. The molecule has 12 heavy (non-hydrogen) atoms. The second kappa shape index (κ2) is 3.17. The quantitative estimate of drug-likeness (QED) is 0.494. The number of halogens is 1. The number of rotatable bonds is 1. The Morgan fingerprint density at radius 1 is 1.75 bits per heavy atom. The van der Waals surface area contributed by atoms with Gasteiger partial charge >= 0.3 is 5.97 Å². The molecule has 2 N–H and O–H groups in total. The number of nitrogens with zero attached hydrogens (tertiary/aromatic N) is 1. The molecular weight excluding hydrogens is 163 g/mol. The molecular formula is C7H7FN2O2. The Balaban J connectivity index is 3.05. The highest BCUT2D eigenvalue weighted by atomic mass is 19.1. The third kappa shape index (κ3) is 1.50. The van der Waals surface area contributed by atoms with E-state index in [4.69, 9.17) is 5.73 Å². The van der Waals surface area contributed by atoms with Gasteiger partial charge in [-0.15, -0.1) is 0 Å². The third-order valence-corrected chi connectivity index (χ3v) is 1.29. The van der Waals surface area contributed by atoms with Gasteiger partial charge in [0.05, 0.1) is 18.4 Å². The summed E-state index contributed by atoms with van der Waals surface area (Å²) in [6.07, 6.45) is 1.07. The first-order chi connectivity index (χ1) is 5.65. The Morgan fingerprint density at radius 2 is 2.42 bits per heavy atom. The highest BCUT2D eigenvalue weighted by molar-refractivity contribution is 5.89. The fourth-order valence-corrected chi connectivity index (χ4v) is 0.695. The fourth-order valence-electron chi connectivity index (χ4n) is 0.695. The van der Waals surface area contributed by atoms with E-state index in [-0.39, 0.29) is 11.3 Å². The van der Waals surface area contributed by atoms with E-state index >= 15 is 0 Å². The molecule has 0 aliphatic heterocycles. The van der Waals surface area contributed by atoms with Crippen LogP contribution in [0.2, 0.25) is 0 Å². The van der Waals surface area contributed by atoms with Crippen LogP contribution in [-0.4, -0.2) is 18.1 Å². The van der Waals surface area contributed by atoms with Gasteiger partial charge in [0.25, 0.3) is 0 Å². The molecule has 1 heterocycles. The standard InChI is InChI=1S/C7H7FN2O2/c1-12-7(11)4-2-5(9)6(8)10-3-4/h2-3H,9H2,1H3. The lowest BCUT2D eigenvalue weighted by atomic mass is 10.3. The maximum atomic E-state index is 12.5. The maximum Gasteiger partial charge on any atom is 0.339 e. The van der Waals surface area contributed by atoms with Crippen molar-refractivity contribution in [1.29, 1.82) is 0 Å². The van der Waals surface area contributed by atoms with Crippen LogP contribution in [0.25, 0.3) is 0 Å². The van der Waals surface area contributed by atoms with Gasteiger partial charge < -0.3 is 10.5 Å². The van der Waals surface area contributed by atoms with E-state index in [1.54, 1.807) is 0 Å². The monoisotopic (exact) mass is 170 g/mol. The molecule has 0 bridgehead atoms. The average Bonchev–Trinajstić information content (AvgIpc) is 2.08. The second-order valence-electron chi connectivity index (χ2n) is 2.10. The SMILES string of the molecule is COC(=O)c1cnc(F)c(N)c1. The van der Waals surface area contributed by atoms with Crippen LogP contribution >= 0.6 is 0 Å². The normalized spacial score (nSPS) is 9.50. The van der Waals surface area contributed by atoms with Crippen LogP contribution in [0.1, 0.15) is 10.4 Å². The van der Waals surface area contributed by atoms with Crippen LogP contribution in [-0.2, 0) is 4.74 Å². The van der Waals surface area contributed by atoms with Crippen molar-refractivity contribution in [2.75, 3.05) is 12.8 Å². The highest BCUT2D eigenvalue weighted by Crippen LogP contribution is 2.09. The minimum atomic E-state index is -0.789. The van der Waals surface area contributed by atoms with Crippen LogP contribution in [0, 0.1) is 5.95 Å². The smallest absolute Gasteiger partial charge is 0.339 e. The van der Waals surface area contributed by atoms with Crippen molar-refractivity contribution in [3.63, 3.8) is 0 Å². The Labute approximate surface area is 68.2 Å². The number of esters is 1. The van der Waals surface area contributed by atoms with Crippen molar-refractivity contribution in [2.45, 2.75) is 0 Å². The molecule has 0 fully saturated rings. The minimum absolute atomic E-state index is 0.136. The summed E-state index contributed by atoms with van der Waals surface area (Å²) >= 11 is 0. The Morgan fingerprint density at radius 3 is 2.92 bits per heavy atom. The van der Waals surface area contributed by atoms with Gasteiger partial charge in [-0.25, -0.2) is 9.78 Å². The molecule has 0 saturated carbocycles. The van der Waals surface area contributed by atoms with E-state index < -0.39 is 11.9 Å². The summed E-state index contributed by atoms with van der Waals surface area (Å²) in [5, 5.41) is 0. The Bertz CT molecular complexity index is 314. The molecule has 1 rings (SSSR count). The topological polar surface area (TPSA) is 65.2 Å². The average molecular weight is 170 g/mol. The number of pyridine rings is 1. The number of hydrogen-bond donors (Lipinski definition) is 1. The number of ether oxygens (including phenoxy) is 1. The lowest BCUT2D eigenvalue weighted by Gasteiger charge is -1.99. The molecule has 1 aromatic rings. The molecule has 0 saturated heterocycles. The summed E-state index contributed by atoms with van der Waals surface area (Å²) < 4.78 is 16.9. The zero-order valence-corrected chi connectivity index (χ0v) is 6.37. The van der Waals surface area contributed by atoms with E-state index in [1.165, 1.54) is 13.2 Å². The maximum absolute atomic E-state index is 12.5. The van der Waals surface area contributed by atoms with Gasteiger partial charge in [0.1, 0.15) is 0 Å². The van der Waals surface area contributed by atoms with Gasteiger partial charge in [-0.3, -0.25) is 0 Å². The summed E-state index contributed by atoms with van der Waals surface area (Å²) in [4.78, 5) is 14.1. The Kier molecular flexibility index (Phi) is 2.23. The molecule has 1 aromatic heterocycles. The van der Waals surface area contributed by atoms with Crippen molar-refractivity contribution in [1.82, 2.24) is 4.98 Å². The second-order valence-corrected chi connectivity index (χ2v) is 2.10. The lowest BCUT2D eigenvalue weighted by Crippen LogP contribution is -2.04. The molecule has 5 heteroatoms. The van der Waals surface area contributed by atoms with E-state index in [0.29, 0.717) is 0 Å². The van der Waals surface area contributed by atoms with Crippen molar-refractivity contribution < 1.29 is 13.9 Å². The van der Waals surface area contributed by atoms with Crippen molar-refractivity contribution in [3.8, 4) is 0 Å². The first-order valence-electron chi connectivity index (χ1n) is 3.14. The summed E-state index contributed by atoms with van der Waals surface area (Å²) in [6.45, 7) is 0. The molecule has 0 aromatic carbocycles. The fraction of sp³-hybridized carbons (Fsp3) is 0.143. The molecule has 4 nitrogen and oxygen atoms in total. The molecule has 0 atom stereocenters. The van der Waals surface area contributed by atoms with Crippen molar-refractivity contribution in [3.05, 3.63) is 23.8 Å². The predicted octanol–water partition coefficient (Wildman–Crippen LogP) is 0.590. The van der Waals surface area contributed by atoms with Crippen LogP contribution in [0.15, 0.2) is 12.3 Å². The van der Waals surface area contributed by atoms with Crippen LogP contribution in [0.5, 0.6) is 0 Å². The third-order valence-electron chi connectivity index (χ3n) is 1.29. The van der Waals surface area contributed by atoms with Crippen LogP contribution in [0.4, 0.5) is 10.1 Å². The zero-order chi connectivity index (χ0) is 9.14. The molecule has 0 aliphatic carbocycles. The minimum Gasteiger partial charge on any atom is -0.465 e. The van der Waals surface area contributed by atoms with E-state index in [1.807, 2.05) is 0 Å². The van der Waals surface area contributed by atoms with Gasteiger partial charge in [0.2, 0.25) is 5.95 Å². The summed E-state index contributed by atoms with van der Waals surface area (Å²) in [5.41, 5.74) is 5.13. The largest absolute Gasteiger partial charge is 0.465 e. The van der Waals surface area contributed by atoms with Gasteiger partial charge in [-0.05, 0) is 6.07 Å². The number of hydrogen-bond acceptors (Lipinski definition) is 4.